The summed E-state index contributed by atoms with van der Waals surface area (Å²) in [7, 11) is 0. The minimum atomic E-state index is -0.340. The van der Waals surface area contributed by atoms with E-state index in [0.29, 0.717) is 13.4 Å². The Balaban J connectivity index is 1.86. The zero-order chi connectivity index (χ0) is 13.1. The summed E-state index contributed by atoms with van der Waals surface area (Å²) in [5.41, 5.74) is 1.88. The molecule has 1 aromatic rings. The van der Waals surface area contributed by atoms with Crippen LogP contribution in [0.5, 0.6) is 0 Å². The van der Waals surface area contributed by atoms with Gasteiger partial charge in [-0.15, -0.1) is 0 Å². The van der Waals surface area contributed by atoms with E-state index >= 15 is 0 Å². The Morgan fingerprint density at radius 3 is 2.53 bits per heavy atom. The average Bonchev–Trinajstić information content (AvgIpc) is 3.11. The first-order valence-corrected chi connectivity index (χ1v) is 6.73. The van der Waals surface area contributed by atoms with E-state index in [4.69, 9.17) is 9.47 Å². The van der Waals surface area contributed by atoms with E-state index < -0.39 is 0 Å². The van der Waals surface area contributed by atoms with Crippen LogP contribution < -0.4 is 0 Å². The second-order valence-electron chi connectivity index (χ2n) is 5.21. The van der Waals surface area contributed by atoms with Gasteiger partial charge >= 0.3 is 0 Å². The third-order valence-corrected chi connectivity index (χ3v) is 4.13. The number of nitrogens with zero attached hydrogens (tertiary/aromatic N) is 1. The quantitative estimate of drug-likeness (QED) is 0.619. The van der Waals surface area contributed by atoms with E-state index in [0.717, 1.165) is 36.8 Å². The van der Waals surface area contributed by atoms with Crippen molar-refractivity contribution < 1.29 is 14.3 Å². The van der Waals surface area contributed by atoms with Crippen LogP contribution in [-0.2, 0) is 19.8 Å². The Bertz CT molecular complexity index is 479. The minimum Gasteiger partial charge on any atom is -0.352 e. The zero-order valence-corrected chi connectivity index (χ0v) is 10.8. The Kier molecular flexibility index (Phi) is 3.47. The molecule has 0 amide bonds. The molecule has 1 saturated carbocycles. The summed E-state index contributed by atoms with van der Waals surface area (Å²) < 4.78 is 10.7. The summed E-state index contributed by atoms with van der Waals surface area (Å²) in [6.07, 6.45) is 5.89. The van der Waals surface area contributed by atoms with Gasteiger partial charge in [0.25, 0.3) is 0 Å². The molecule has 0 aromatic heterocycles. The van der Waals surface area contributed by atoms with Crippen LogP contribution in [0, 0.1) is 0 Å². The maximum absolute atomic E-state index is 10.7. The first kappa shape index (κ1) is 12.5. The highest BCUT2D eigenvalue weighted by atomic mass is 16.7. The van der Waals surface area contributed by atoms with Crippen LogP contribution in [0.4, 0.5) is 0 Å². The lowest BCUT2D eigenvalue weighted by Crippen LogP contribution is -2.18. The third kappa shape index (κ3) is 2.35. The van der Waals surface area contributed by atoms with E-state index in [1.807, 2.05) is 0 Å². The molecule has 0 bridgehead atoms. The van der Waals surface area contributed by atoms with E-state index in [2.05, 4.69) is 29.3 Å². The van der Waals surface area contributed by atoms with Gasteiger partial charge in [-0.3, -0.25) is 0 Å². The van der Waals surface area contributed by atoms with Gasteiger partial charge in [-0.2, -0.15) is 4.99 Å². The van der Waals surface area contributed by atoms with Crippen molar-refractivity contribution in [1.29, 1.82) is 0 Å². The van der Waals surface area contributed by atoms with E-state index in [-0.39, 0.29) is 11.6 Å². The maximum Gasteiger partial charge on any atom is 0.235 e. The Morgan fingerprint density at radius 2 is 1.95 bits per heavy atom. The number of rotatable bonds is 3. The molecule has 4 heteroatoms. The van der Waals surface area contributed by atoms with Gasteiger partial charge in [-0.1, -0.05) is 37.1 Å². The van der Waals surface area contributed by atoms with Crippen molar-refractivity contribution in [1.82, 2.24) is 0 Å². The largest absolute Gasteiger partial charge is 0.352 e. The van der Waals surface area contributed by atoms with Crippen molar-refractivity contribution in [2.45, 2.75) is 37.3 Å². The molecule has 1 aromatic carbocycles. The van der Waals surface area contributed by atoms with Gasteiger partial charge in [0.1, 0.15) is 12.9 Å². The predicted molar refractivity (Wildman–Crippen MR) is 69.4 cm³/mol. The van der Waals surface area contributed by atoms with Crippen LogP contribution in [-0.4, -0.2) is 19.5 Å². The molecular weight excluding hydrogens is 242 g/mol. The van der Waals surface area contributed by atoms with Crippen molar-refractivity contribution in [2.24, 2.45) is 4.99 Å². The Morgan fingerprint density at radius 1 is 1.21 bits per heavy atom. The van der Waals surface area contributed by atoms with Gasteiger partial charge in [-0.05, 0) is 24.0 Å². The number of ether oxygens (including phenoxy) is 2. The molecule has 0 spiro atoms. The average molecular weight is 259 g/mol. The highest BCUT2D eigenvalue weighted by Gasteiger charge is 2.35. The fraction of sp³-hybridized carbons (Fsp3) is 0.533. The molecule has 19 heavy (non-hydrogen) atoms. The number of benzene rings is 1. The van der Waals surface area contributed by atoms with Crippen molar-refractivity contribution in [3.63, 3.8) is 0 Å². The predicted octanol–water partition coefficient (Wildman–Crippen LogP) is 2.84. The lowest BCUT2D eigenvalue weighted by molar-refractivity contribution is 0.0466. The molecule has 1 unspecified atom stereocenters. The molecule has 1 heterocycles. The smallest absolute Gasteiger partial charge is 0.235 e. The second kappa shape index (κ2) is 5.25. The summed E-state index contributed by atoms with van der Waals surface area (Å²) in [4.78, 5) is 14.8. The van der Waals surface area contributed by atoms with Crippen molar-refractivity contribution in [2.75, 3.05) is 13.4 Å². The van der Waals surface area contributed by atoms with E-state index in [1.165, 1.54) is 0 Å². The van der Waals surface area contributed by atoms with Crippen LogP contribution in [0.3, 0.4) is 0 Å². The van der Waals surface area contributed by atoms with Crippen molar-refractivity contribution in [3.05, 3.63) is 35.4 Å². The minimum absolute atomic E-state index is 0.0307. The third-order valence-electron chi connectivity index (χ3n) is 4.13. The molecule has 3 rings (SSSR count). The van der Waals surface area contributed by atoms with Gasteiger partial charge in [0.05, 0.1) is 12.1 Å². The summed E-state index contributed by atoms with van der Waals surface area (Å²) in [5, 5.41) is 0. The van der Waals surface area contributed by atoms with Crippen LogP contribution in [0.15, 0.2) is 29.3 Å². The number of carbonyl (C=O) groups excluding carboxylic acids is 1. The molecule has 1 atom stereocenters. The number of isocyanates is 1. The standard InChI is InChI=1S/C15H17NO3/c17-10-16-15(7-1-2-8-15)13-5-3-12(4-6-13)14-9-18-11-19-14/h3-6,14H,1-2,7-9,11H2. The molecule has 4 nitrogen and oxygen atoms in total. The summed E-state index contributed by atoms with van der Waals surface area (Å²) in [6.45, 7) is 0.975. The molecule has 2 aliphatic rings. The second-order valence-corrected chi connectivity index (χ2v) is 5.21. The highest BCUT2D eigenvalue weighted by molar-refractivity contribution is 5.39. The fourth-order valence-corrected chi connectivity index (χ4v) is 3.05. The van der Waals surface area contributed by atoms with Crippen molar-refractivity contribution in [3.8, 4) is 0 Å². The van der Waals surface area contributed by atoms with Gasteiger partial charge in [0.2, 0.25) is 6.08 Å². The van der Waals surface area contributed by atoms with E-state index in [1.54, 1.807) is 6.08 Å². The first-order chi connectivity index (χ1) is 9.34. The van der Waals surface area contributed by atoms with Gasteiger partial charge in [0, 0.05) is 0 Å². The number of hydrogen-bond donors (Lipinski definition) is 0. The van der Waals surface area contributed by atoms with Gasteiger partial charge in [0.15, 0.2) is 0 Å². The van der Waals surface area contributed by atoms with Crippen LogP contribution in [0.1, 0.15) is 42.9 Å². The van der Waals surface area contributed by atoms with Gasteiger partial charge in [-0.25, -0.2) is 4.79 Å². The van der Waals surface area contributed by atoms with Gasteiger partial charge < -0.3 is 9.47 Å². The van der Waals surface area contributed by atoms with E-state index in [9.17, 15) is 4.79 Å². The molecule has 0 N–H and O–H groups in total. The topological polar surface area (TPSA) is 47.9 Å². The molecule has 2 fully saturated rings. The molecule has 0 radical (unpaired) electrons. The Hall–Kier alpha value is -1.48. The monoisotopic (exact) mass is 259 g/mol. The normalized spacial score (nSPS) is 25.2. The number of hydrogen-bond acceptors (Lipinski definition) is 4. The van der Waals surface area contributed by atoms with Crippen LogP contribution in [0.25, 0.3) is 0 Å². The van der Waals surface area contributed by atoms with Crippen LogP contribution in [0.2, 0.25) is 0 Å². The SMILES string of the molecule is O=C=NC1(c2ccc(C3COCO3)cc2)CCCC1. The fourth-order valence-electron chi connectivity index (χ4n) is 3.05. The molecule has 1 aliphatic carbocycles. The first-order valence-electron chi connectivity index (χ1n) is 6.73. The van der Waals surface area contributed by atoms with Crippen LogP contribution >= 0.6 is 0 Å². The molecule has 1 saturated heterocycles. The summed E-state index contributed by atoms with van der Waals surface area (Å²) in [6, 6.07) is 8.22. The highest BCUT2D eigenvalue weighted by Crippen LogP contribution is 2.42. The maximum atomic E-state index is 10.7. The summed E-state index contributed by atoms with van der Waals surface area (Å²) in [5.74, 6) is 0. The molecule has 100 valence electrons. The lowest BCUT2D eigenvalue weighted by atomic mass is 9.88. The molecule has 1 aliphatic heterocycles. The summed E-state index contributed by atoms with van der Waals surface area (Å²) >= 11 is 0. The zero-order valence-electron chi connectivity index (χ0n) is 10.8. The Labute approximate surface area is 112 Å². The lowest BCUT2D eigenvalue weighted by Gasteiger charge is -2.23. The number of aliphatic imine (C=N–C) groups is 1. The van der Waals surface area contributed by atoms with Crippen molar-refractivity contribution >= 4 is 6.08 Å². The molecular formula is C15H17NO3.